The van der Waals surface area contributed by atoms with E-state index in [4.69, 9.17) is 17.3 Å². The number of carbonyl (C=O) groups is 3. The van der Waals surface area contributed by atoms with Gasteiger partial charge in [0.05, 0.1) is 10.7 Å². The van der Waals surface area contributed by atoms with Crippen molar-refractivity contribution < 1.29 is 14.4 Å². The zero-order chi connectivity index (χ0) is 15.7. The van der Waals surface area contributed by atoms with E-state index >= 15 is 0 Å². The topological polar surface area (TPSA) is 92.5 Å². The highest BCUT2D eigenvalue weighted by Crippen LogP contribution is 2.26. The number of imide groups is 1. The Morgan fingerprint density at radius 2 is 1.86 bits per heavy atom. The van der Waals surface area contributed by atoms with E-state index in [1.165, 1.54) is 6.07 Å². The molecule has 112 valence electrons. The largest absolute Gasteiger partial charge is 0.399 e. The minimum Gasteiger partial charge on any atom is -0.399 e. The Labute approximate surface area is 127 Å². The third kappa shape index (κ3) is 3.00. The smallest absolute Gasteiger partial charge is 0.244 e. The molecule has 6 nitrogen and oxygen atoms in total. The number of halogens is 1. The first kappa shape index (κ1) is 15.3. The van der Waals surface area contributed by atoms with Crippen molar-refractivity contribution in [2.24, 2.45) is 11.8 Å². The summed E-state index contributed by atoms with van der Waals surface area (Å²) in [5.74, 6) is -1.93. The highest BCUT2D eigenvalue weighted by Gasteiger charge is 2.42. The number of carbonyl (C=O) groups excluding carboxylic acids is 3. The minimum atomic E-state index is -0.482. The van der Waals surface area contributed by atoms with Crippen LogP contribution in [0.5, 0.6) is 0 Å². The van der Waals surface area contributed by atoms with Gasteiger partial charge in [-0.25, -0.2) is 0 Å². The lowest BCUT2D eigenvalue weighted by Gasteiger charge is -2.14. The Kier molecular flexibility index (Phi) is 4.18. The second kappa shape index (κ2) is 5.73. The van der Waals surface area contributed by atoms with Crippen molar-refractivity contribution in [3.63, 3.8) is 0 Å². The number of amides is 3. The van der Waals surface area contributed by atoms with Crippen molar-refractivity contribution in [2.75, 3.05) is 17.6 Å². The molecule has 1 aliphatic rings. The van der Waals surface area contributed by atoms with Crippen molar-refractivity contribution in [1.29, 1.82) is 0 Å². The summed E-state index contributed by atoms with van der Waals surface area (Å²) in [6, 6.07) is 4.67. The summed E-state index contributed by atoms with van der Waals surface area (Å²) in [6.07, 6.45) is 0. The molecule has 1 saturated heterocycles. The molecule has 1 aromatic carbocycles. The molecule has 1 aliphatic heterocycles. The van der Waals surface area contributed by atoms with E-state index in [0.717, 1.165) is 4.90 Å². The quantitative estimate of drug-likeness (QED) is 0.653. The van der Waals surface area contributed by atoms with Gasteiger partial charge in [-0.1, -0.05) is 25.4 Å². The van der Waals surface area contributed by atoms with E-state index < -0.39 is 17.7 Å². The standard InChI is InChI=1S/C14H16ClN3O3/c1-7-8(2)14(21)18(13(7)20)6-12(19)17-11-4-3-9(16)5-10(11)15/h3-5,7-8H,6,16H2,1-2H3,(H,17,19). The molecule has 2 unspecified atom stereocenters. The molecular formula is C14H16ClN3O3. The van der Waals surface area contributed by atoms with Crippen LogP contribution >= 0.6 is 11.6 Å². The molecule has 3 amide bonds. The molecule has 1 fully saturated rings. The lowest BCUT2D eigenvalue weighted by atomic mass is 10.00. The number of benzene rings is 1. The molecule has 7 heteroatoms. The maximum Gasteiger partial charge on any atom is 0.244 e. The van der Waals surface area contributed by atoms with Gasteiger partial charge >= 0.3 is 0 Å². The van der Waals surface area contributed by atoms with Crippen molar-refractivity contribution in [3.8, 4) is 0 Å². The third-order valence-electron chi connectivity index (χ3n) is 3.63. The molecular weight excluding hydrogens is 294 g/mol. The summed E-state index contributed by atoms with van der Waals surface area (Å²) in [7, 11) is 0. The average molecular weight is 310 g/mol. The summed E-state index contributed by atoms with van der Waals surface area (Å²) in [6.45, 7) is 3.05. The number of nitrogens with two attached hydrogens (primary N) is 1. The van der Waals surface area contributed by atoms with Gasteiger partial charge in [-0.2, -0.15) is 0 Å². The van der Waals surface area contributed by atoms with Gasteiger partial charge in [0.2, 0.25) is 17.7 Å². The second-order valence-corrected chi connectivity index (χ2v) is 5.53. The van der Waals surface area contributed by atoms with Crippen LogP contribution in [0.3, 0.4) is 0 Å². The van der Waals surface area contributed by atoms with Crippen molar-refractivity contribution in [2.45, 2.75) is 13.8 Å². The maximum atomic E-state index is 12.0. The molecule has 21 heavy (non-hydrogen) atoms. The molecule has 3 N–H and O–H groups in total. The van der Waals surface area contributed by atoms with Gasteiger partial charge in [0.25, 0.3) is 0 Å². The first-order valence-corrected chi connectivity index (χ1v) is 6.89. The van der Waals surface area contributed by atoms with Crippen LogP contribution in [0.15, 0.2) is 18.2 Å². The number of hydrogen-bond donors (Lipinski definition) is 2. The molecule has 0 radical (unpaired) electrons. The lowest BCUT2D eigenvalue weighted by Crippen LogP contribution is -2.38. The highest BCUT2D eigenvalue weighted by atomic mass is 35.5. The van der Waals surface area contributed by atoms with Crippen LogP contribution < -0.4 is 11.1 Å². The number of hydrogen-bond acceptors (Lipinski definition) is 4. The van der Waals surface area contributed by atoms with Gasteiger partial charge in [0, 0.05) is 17.5 Å². The molecule has 0 bridgehead atoms. The van der Waals surface area contributed by atoms with Crippen LogP contribution in [0.2, 0.25) is 5.02 Å². The van der Waals surface area contributed by atoms with E-state index in [0.29, 0.717) is 16.4 Å². The number of rotatable bonds is 3. The van der Waals surface area contributed by atoms with Gasteiger partial charge in [0.15, 0.2) is 0 Å². The fourth-order valence-corrected chi connectivity index (χ4v) is 2.39. The van der Waals surface area contributed by atoms with Gasteiger partial charge in [-0.15, -0.1) is 0 Å². The lowest BCUT2D eigenvalue weighted by molar-refractivity contribution is -0.142. The zero-order valence-electron chi connectivity index (χ0n) is 11.7. The Morgan fingerprint density at radius 1 is 1.29 bits per heavy atom. The van der Waals surface area contributed by atoms with Crippen molar-refractivity contribution in [1.82, 2.24) is 4.90 Å². The Hall–Kier alpha value is -2.08. The van der Waals surface area contributed by atoms with E-state index in [1.54, 1.807) is 26.0 Å². The zero-order valence-corrected chi connectivity index (χ0v) is 12.5. The number of nitrogen functional groups attached to an aromatic ring is 1. The fraction of sp³-hybridized carbons (Fsp3) is 0.357. The van der Waals surface area contributed by atoms with E-state index in [-0.39, 0.29) is 18.4 Å². The molecule has 2 atom stereocenters. The van der Waals surface area contributed by atoms with Gasteiger partial charge in [0.1, 0.15) is 6.54 Å². The Bertz CT molecular complexity index is 597. The number of anilines is 2. The summed E-state index contributed by atoms with van der Waals surface area (Å²) in [4.78, 5) is 36.8. The predicted octanol–water partition coefficient (Wildman–Crippen LogP) is 1.50. The van der Waals surface area contributed by atoms with Crippen LogP contribution in [0, 0.1) is 11.8 Å². The Balaban J connectivity index is 2.05. The minimum absolute atomic E-state index is 0.296. The van der Waals surface area contributed by atoms with Crippen molar-refractivity contribution in [3.05, 3.63) is 23.2 Å². The summed E-state index contributed by atoms with van der Waals surface area (Å²) in [5, 5.41) is 2.86. The molecule has 2 rings (SSSR count). The summed E-state index contributed by atoms with van der Waals surface area (Å²) < 4.78 is 0. The second-order valence-electron chi connectivity index (χ2n) is 5.13. The number of likely N-dealkylation sites (tertiary alicyclic amines) is 1. The van der Waals surface area contributed by atoms with Crippen LogP contribution in [-0.4, -0.2) is 29.2 Å². The van der Waals surface area contributed by atoms with Crippen molar-refractivity contribution >= 4 is 40.7 Å². The summed E-state index contributed by atoms with van der Waals surface area (Å²) in [5.41, 5.74) is 6.43. The molecule has 0 saturated carbocycles. The van der Waals surface area contributed by atoms with E-state index in [2.05, 4.69) is 5.32 Å². The van der Waals surface area contributed by atoms with Gasteiger partial charge in [-0.05, 0) is 18.2 Å². The number of nitrogens with zero attached hydrogens (tertiary/aromatic N) is 1. The fourth-order valence-electron chi connectivity index (χ4n) is 2.15. The van der Waals surface area contributed by atoms with Crippen LogP contribution in [0.1, 0.15) is 13.8 Å². The normalized spacial score (nSPS) is 21.8. The van der Waals surface area contributed by atoms with Gasteiger partial charge < -0.3 is 11.1 Å². The van der Waals surface area contributed by atoms with Crippen LogP contribution in [0.4, 0.5) is 11.4 Å². The predicted molar refractivity (Wildman–Crippen MR) is 79.5 cm³/mol. The first-order chi connectivity index (χ1) is 9.81. The highest BCUT2D eigenvalue weighted by molar-refractivity contribution is 6.34. The van der Waals surface area contributed by atoms with Crippen LogP contribution in [0.25, 0.3) is 0 Å². The SMILES string of the molecule is CC1C(=O)N(CC(=O)Nc2ccc(N)cc2Cl)C(=O)C1C. The molecule has 0 spiro atoms. The monoisotopic (exact) mass is 309 g/mol. The number of nitrogens with one attached hydrogen (secondary N) is 1. The van der Waals surface area contributed by atoms with E-state index in [1.807, 2.05) is 0 Å². The third-order valence-corrected chi connectivity index (χ3v) is 3.94. The average Bonchev–Trinajstić information content (AvgIpc) is 2.60. The Morgan fingerprint density at radius 3 is 2.38 bits per heavy atom. The maximum absolute atomic E-state index is 12.0. The van der Waals surface area contributed by atoms with E-state index in [9.17, 15) is 14.4 Å². The molecule has 1 aromatic rings. The molecule has 0 aliphatic carbocycles. The molecule has 1 heterocycles. The van der Waals surface area contributed by atoms with Gasteiger partial charge in [-0.3, -0.25) is 19.3 Å². The summed E-state index contributed by atoms with van der Waals surface area (Å²) >= 11 is 5.95. The first-order valence-electron chi connectivity index (χ1n) is 6.51. The van der Waals surface area contributed by atoms with Crippen LogP contribution in [-0.2, 0) is 14.4 Å². The molecule has 0 aromatic heterocycles.